The zero-order chi connectivity index (χ0) is 28.4. The number of H-pyrrole nitrogens is 1. The molecule has 0 aliphatic rings. The Hall–Kier alpha value is -4.87. The third-order valence-electron chi connectivity index (χ3n) is 5.34. The van der Waals surface area contributed by atoms with E-state index in [1.807, 2.05) is 0 Å². The van der Waals surface area contributed by atoms with Crippen molar-refractivity contribution in [1.29, 1.82) is 0 Å². The number of aromatic nitrogens is 3. The summed E-state index contributed by atoms with van der Waals surface area (Å²) in [5.41, 5.74) is 1.48. The SMILES string of the molecule is CCOC(=O)CC[C@@H](NC(=O)c1ccc(C=Cc2cnc3nc(NC(C)=O)[nH]c(=O)c3c2)cc1)C(=O)OCC. The molecule has 3 aromatic rings. The maximum absolute atomic E-state index is 12.7. The molecule has 0 aliphatic heterocycles. The van der Waals surface area contributed by atoms with Crippen molar-refractivity contribution < 1.29 is 28.7 Å². The highest BCUT2D eigenvalue weighted by molar-refractivity contribution is 5.97. The molecule has 1 aromatic carbocycles. The number of nitrogens with one attached hydrogen (secondary N) is 3. The van der Waals surface area contributed by atoms with E-state index in [0.717, 1.165) is 5.56 Å². The fourth-order valence-electron chi connectivity index (χ4n) is 3.52. The molecule has 2 amide bonds. The van der Waals surface area contributed by atoms with Gasteiger partial charge in [-0.2, -0.15) is 4.98 Å². The topological polar surface area (TPSA) is 169 Å². The van der Waals surface area contributed by atoms with Gasteiger partial charge in [0.25, 0.3) is 11.5 Å². The van der Waals surface area contributed by atoms with Crippen LogP contribution in [0, 0.1) is 0 Å². The van der Waals surface area contributed by atoms with E-state index in [2.05, 4.69) is 25.6 Å². The molecule has 0 saturated heterocycles. The van der Waals surface area contributed by atoms with Gasteiger partial charge in [-0.25, -0.2) is 9.78 Å². The number of benzene rings is 1. The van der Waals surface area contributed by atoms with E-state index >= 15 is 0 Å². The largest absolute Gasteiger partial charge is 0.466 e. The highest BCUT2D eigenvalue weighted by atomic mass is 16.5. The summed E-state index contributed by atoms with van der Waals surface area (Å²) in [6.07, 6.45) is 5.07. The van der Waals surface area contributed by atoms with Gasteiger partial charge in [0.1, 0.15) is 6.04 Å². The van der Waals surface area contributed by atoms with Gasteiger partial charge in [-0.3, -0.25) is 29.5 Å². The molecule has 0 bridgehead atoms. The van der Waals surface area contributed by atoms with Crippen LogP contribution >= 0.6 is 0 Å². The minimum atomic E-state index is -0.992. The number of rotatable bonds is 11. The first-order valence-electron chi connectivity index (χ1n) is 12.3. The van der Waals surface area contributed by atoms with Crippen LogP contribution in [-0.2, 0) is 23.9 Å². The maximum atomic E-state index is 12.7. The Morgan fingerprint density at radius 3 is 2.38 bits per heavy atom. The van der Waals surface area contributed by atoms with Crippen molar-refractivity contribution >= 4 is 52.9 Å². The third kappa shape index (κ3) is 8.32. The molecule has 0 spiro atoms. The van der Waals surface area contributed by atoms with Crippen molar-refractivity contribution in [2.75, 3.05) is 18.5 Å². The predicted octanol–water partition coefficient (Wildman–Crippen LogP) is 2.45. The van der Waals surface area contributed by atoms with Crippen molar-refractivity contribution in [2.24, 2.45) is 0 Å². The lowest BCUT2D eigenvalue weighted by atomic mass is 10.1. The number of ether oxygens (including phenoxy) is 2. The number of amides is 2. The summed E-state index contributed by atoms with van der Waals surface area (Å²) >= 11 is 0. The van der Waals surface area contributed by atoms with Crippen molar-refractivity contribution in [3.05, 3.63) is 63.6 Å². The van der Waals surface area contributed by atoms with Crippen molar-refractivity contribution in [2.45, 2.75) is 39.7 Å². The van der Waals surface area contributed by atoms with Gasteiger partial charge >= 0.3 is 11.9 Å². The zero-order valence-electron chi connectivity index (χ0n) is 21.8. The number of carbonyl (C=O) groups excluding carboxylic acids is 4. The summed E-state index contributed by atoms with van der Waals surface area (Å²) in [7, 11) is 0. The average molecular weight is 536 g/mol. The zero-order valence-corrected chi connectivity index (χ0v) is 21.8. The molecule has 3 rings (SSSR count). The van der Waals surface area contributed by atoms with Crippen molar-refractivity contribution in [1.82, 2.24) is 20.3 Å². The summed E-state index contributed by atoms with van der Waals surface area (Å²) in [4.78, 5) is 71.1. The quantitative estimate of drug-likeness (QED) is 0.312. The first-order valence-corrected chi connectivity index (χ1v) is 12.3. The first-order chi connectivity index (χ1) is 18.7. The van der Waals surface area contributed by atoms with Gasteiger partial charge in [0.2, 0.25) is 11.9 Å². The Bertz CT molecular complexity index is 1450. The second kappa shape index (κ2) is 13.6. The molecule has 0 unspecified atom stereocenters. The Morgan fingerprint density at radius 1 is 1.03 bits per heavy atom. The minimum absolute atomic E-state index is 0.0208. The van der Waals surface area contributed by atoms with Crippen LogP contribution in [-0.4, -0.2) is 58.0 Å². The molecule has 0 saturated carbocycles. The van der Waals surface area contributed by atoms with E-state index in [1.54, 1.807) is 56.3 Å². The molecular formula is C27H29N5O7. The summed E-state index contributed by atoms with van der Waals surface area (Å²) in [5, 5.41) is 5.30. The maximum Gasteiger partial charge on any atom is 0.328 e. The van der Waals surface area contributed by atoms with Crippen molar-refractivity contribution in [3.8, 4) is 0 Å². The van der Waals surface area contributed by atoms with Crippen LogP contribution in [0.1, 0.15) is 55.1 Å². The Labute approximate surface area is 223 Å². The summed E-state index contributed by atoms with van der Waals surface area (Å²) < 4.78 is 9.90. The molecular weight excluding hydrogens is 506 g/mol. The van der Waals surface area contributed by atoms with E-state index in [9.17, 15) is 24.0 Å². The molecule has 204 valence electrons. The molecule has 12 nitrogen and oxygen atoms in total. The van der Waals surface area contributed by atoms with Crippen LogP contribution in [0.3, 0.4) is 0 Å². The molecule has 0 fully saturated rings. The summed E-state index contributed by atoms with van der Waals surface area (Å²) in [6.45, 7) is 5.01. The van der Waals surface area contributed by atoms with Gasteiger partial charge in [0.05, 0.1) is 18.6 Å². The Kier molecular flexibility index (Phi) is 10.0. The van der Waals surface area contributed by atoms with E-state index in [-0.39, 0.29) is 48.9 Å². The Balaban J connectivity index is 1.68. The number of esters is 2. The minimum Gasteiger partial charge on any atom is -0.466 e. The number of aromatic amines is 1. The molecule has 1 atom stereocenters. The number of hydrogen-bond donors (Lipinski definition) is 3. The smallest absolute Gasteiger partial charge is 0.328 e. The molecule has 39 heavy (non-hydrogen) atoms. The number of fused-ring (bicyclic) bond motifs is 1. The second-order valence-corrected chi connectivity index (χ2v) is 8.31. The molecule has 2 heterocycles. The predicted molar refractivity (Wildman–Crippen MR) is 144 cm³/mol. The second-order valence-electron chi connectivity index (χ2n) is 8.31. The van der Waals surface area contributed by atoms with Gasteiger partial charge in [-0.15, -0.1) is 0 Å². The van der Waals surface area contributed by atoms with E-state index in [4.69, 9.17) is 9.47 Å². The standard InChI is InChI=1S/C27H29N5O7/c1-4-38-22(34)13-12-21(26(37)39-5-2)30-24(35)19-10-8-17(9-11-19)6-7-18-14-20-23(28-15-18)31-27(29-16(3)33)32-25(20)36/h6-11,14-15,21H,4-5,12-13H2,1-3H3,(H,30,35)(H2,28,29,31,32,33,36)/t21-/m1/s1. The van der Waals surface area contributed by atoms with Crippen LogP contribution < -0.4 is 16.2 Å². The lowest BCUT2D eigenvalue weighted by molar-refractivity contribution is -0.146. The molecule has 12 heteroatoms. The van der Waals surface area contributed by atoms with Crippen LogP contribution in [0.15, 0.2) is 41.3 Å². The molecule has 2 aromatic heterocycles. The molecule has 0 radical (unpaired) electrons. The number of hydrogen-bond acceptors (Lipinski definition) is 9. The fourth-order valence-corrected chi connectivity index (χ4v) is 3.52. The highest BCUT2D eigenvalue weighted by Gasteiger charge is 2.24. The lowest BCUT2D eigenvalue weighted by Gasteiger charge is -2.17. The lowest BCUT2D eigenvalue weighted by Crippen LogP contribution is -2.42. The Morgan fingerprint density at radius 2 is 1.72 bits per heavy atom. The monoisotopic (exact) mass is 535 g/mol. The van der Waals surface area contributed by atoms with Crippen LogP contribution in [0.4, 0.5) is 5.95 Å². The van der Waals surface area contributed by atoms with Gasteiger partial charge in [0, 0.05) is 25.1 Å². The average Bonchev–Trinajstić information content (AvgIpc) is 2.90. The first kappa shape index (κ1) is 28.7. The molecule has 0 aliphatic carbocycles. The van der Waals surface area contributed by atoms with Crippen molar-refractivity contribution in [3.63, 3.8) is 0 Å². The van der Waals surface area contributed by atoms with E-state index in [1.165, 1.54) is 13.1 Å². The highest BCUT2D eigenvalue weighted by Crippen LogP contribution is 2.14. The summed E-state index contributed by atoms with van der Waals surface area (Å²) in [5.74, 6) is -1.93. The third-order valence-corrected chi connectivity index (χ3v) is 5.34. The van der Waals surface area contributed by atoms with Gasteiger partial charge in [-0.1, -0.05) is 24.3 Å². The number of carbonyl (C=O) groups is 4. The normalized spacial score (nSPS) is 11.7. The fraction of sp³-hybridized carbons (Fsp3) is 0.296. The van der Waals surface area contributed by atoms with Crippen LogP contribution in [0.2, 0.25) is 0 Å². The van der Waals surface area contributed by atoms with Crippen LogP contribution in [0.5, 0.6) is 0 Å². The van der Waals surface area contributed by atoms with Gasteiger partial charge in [-0.05, 0) is 49.6 Å². The number of nitrogens with zero attached hydrogens (tertiary/aromatic N) is 2. The number of pyridine rings is 1. The van der Waals surface area contributed by atoms with Gasteiger partial charge in [0.15, 0.2) is 5.65 Å². The molecule has 3 N–H and O–H groups in total. The van der Waals surface area contributed by atoms with E-state index in [0.29, 0.717) is 11.1 Å². The number of anilines is 1. The van der Waals surface area contributed by atoms with Crippen LogP contribution in [0.25, 0.3) is 23.2 Å². The van der Waals surface area contributed by atoms with Gasteiger partial charge < -0.3 is 14.8 Å². The van der Waals surface area contributed by atoms with E-state index < -0.39 is 29.4 Å². The summed E-state index contributed by atoms with van der Waals surface area (Å²) in [6, 6.07) is 7.25.